The number of hydrogen-bond acceptors (Lipinski definition) is 1. The summed E-state index contributed by atoms with van der Waals surface area (Å²) >= 11 is 0. The van der Waals surface area contributed by atoms with Gasteiger partial charge in [-0.2, -0.15) is 0 Å². The highest BCUT2D eigenvalue weighted by molar-refractivity contribution is 6.29. The van der Waals surface area contributed by atoms with E-state index < -0.39 is 0 Å². The smallest absolute Gasteiger partial charge is 0.252 e. The Morgan fingerprint density at radius 2 is 1.39 bits per heavy atom. The molecule has 0 unspecified atom stereocenters. The summed E-state index contributed by atoms with van der Waals surface area (Å²) in [5.74, 6) is -0.124. The van der Waals surface area contributed by atoms with Crippen LogP contribution < -0.4 is 5.32 Å². The van der Waals surface area contributed by atoms with Crippen molar-refractivity contribution in [2.24, 2.45) is 0 Å². The van der Waals surface area contributed by atoms with Crippen molar-refractivity contribution < 1.29 is 4.79 Å². The van der Waals surface area contributed by atoms with Crippen molar-refractivity contribution >= 4 is 17.1 Å². The molecule has 1 amide bonds. The molecule has 0 spiro atoms. The molecule has 0 aliphatic heterocycles. The number of likely N-dealkylation sites (N-methyl/N-ethyl adjacent to an activating group) is 1. The first-order chi connectivity index (χ1) is 11.2. The van der Waals surface area contributed by atoms with Gasteiger partial charge in [0.25, 0.3) is 5.91 Å². The average molecular weight is 303 g/mol. The summed E-state index contributed by atoms with van der Waals surface area (Å²) in [6.45, 7) is 6.10. The van der Waals surface area contributed by atoms with Crippen LogP contribution in [0, 0.1) is 0 Å². The van der Waals surface area contributed by atoms with Crippen LogP contribution in [0.15, 0.2) is 85.0 Å². The van der Waals surface area contributed by atoms with Gasteiger partial charge in [-0.05, 0) is 23.6 Å². The summed E-state index contributed by atoms with van der Waals surface area (Å²) in [5.41, 5.74) is 4.12. The average Bonchev–Trinajstić information content (AvgIpc) is 2.60. The molecule has 0 radical (unpaired) electrons. The quantitative estimate of drug-likeness (QED) is 0.492. The number of nitrogens with one attached hydrogen (secondary N) is 1. The van der Waals surface area contributed by atoms with Crippen LogP contribution >= 0.6 is 0 Å². The van der Waals surface area contributed by atoms with E-state index >= 15 is 0 Å². The number of rotatable bonds is 5. The molecule has 0 aliphatic rings. The fraction of sp³-hybridized carbons (Fsp3) is 0.0952. The molecule has 0 bridgehead atoms. The van der Waals surface area contributed by atoms with Crippen molar-refractivity contribution in [2.45, 2.75) is 6.92 Å². The van der Waals surface area contributed by atoms with E-state index in [1.807, 2.05) is 79.7 Å². The van der Waals surface area contributed by atoms with Gasteiger partial charge in [0, 0.05) is 12.6 Å². The van der Waals surface area contributed by atoms with E-state index in [0.717, 1.165) is 22.3 Å². The molecule has 2 rings (SSSR count). The molecule has 0 aromatic heterocycles. The van der Waals surface area contributed by atoms with E-state index in [9.17, 15) is 4.79 Å². The van der Waals surface area contributed by atoms with Crippen LogP contribution in [0.2, 0.25) is 0 Å². The molecule has 116 valence electrons. The Kier molecular flexibility index (Phi) is 5.70. The molecule has 2 aromatic carbocycles. The van der Waals surface area contributed by atoms with Gasteiger partial charge in [0.05, 0.1) is 5.57 Å². The van der Waals surface area contributed by atoms with Crippen molar-refractivity contribution in [2.75, 3.05) is 7.05 Å². The Morgan fingerprint density at radius 1 is 0.913 bits per heavy atom. The van der Waals surface area contributed by atoms with Gasteiger partial charge in [-0.1, -0.05) is 79.4 Å². The fourth-order valence-corrected chi connectivity index (χ4v) is 2.50. The maximum absolute atomic E-state index is 12.6. The topological polar surface area (TPSA) is 29.1 Å². The normalized spacial score (nSPS) is 11.9. The maximum Gasteiger partial charge on any atom is 0.252 e. The first-order valence-corrected chi connectivity index (χ1v) is 7.58. The zero-order valence-electron chi connectivity index (χ0n) is 13.5. The first-order valence-electron chi connectivity index (χ1n) is 7.58. The third-order valence-corrected chi connectivity index (χ3v) is 3.52. The molecule has 2 nitrogen and oxygen atoms in total. The second kappa shape index (κ2) is 7.95. The Hall–Kier alpha value is -2.87. The monoisotopic (exact) mass is 303 g/mol. The van der Waals surface area contributed by atoms with Gasteiger partial charge in [-0.25, -0.2) is 0 Å². The van der Waals surface area contributed by atoms with Crippen molar-refractivity contribution in [1.29, 1.82) is 0 Å². The molecule has 2 heteroatoms. The fourth-order valence-electron chi connectivity index (χ4n) is 2.50. The Labute approximate surface area is 137 Å². The lowest BCUT2D eigenvalue weighted by Crippen LogP contribution is -2.20. The van der Waals surface area contributed by atoms with Gasteiger partial charge in [0.15, 0.2) is 0 Å². The molecule has 0 atom stereocenters. The lowest BCUT2D eigenvalue weighted by Gasteiger charge is -2.16. The molecule has 0 saturated heterocycles. The van der Waals surface area contributed by atoms with Gasteiger partial charge >= 0.3 is 0 Å². The standard InChI is InChI=1S/C21H21NO/c1-4-11-16(2)19(17-12-7-5-8-13-17)20(21(23)22-3)18-14-9-6-10-15-18/h4-15H,2H2,1,3H3,(H,22,23)/b11-4+,20-19-. The van der Waals surface area contributed by atoms with Crippen LogP contribution in [0.5, 0.6) is 0 Å². The highest BCUT2D eigenvalue weighted by Gasteiger charge is 2.19. The predicted octanol–water partition coefficient (Wildman–Crippen LogP) is 4.48. The van der Waals surface area contributed by atoms with Crippen molar-refractivity contribution in [3.05, 3.63) is 96.1 Å². The summed E-state index contributed by atoms with van der Waals surface area (Å²) in [7, 11) is 1.65. The van der Waals surface area contributed by atoms with Crippen LogP contribution in [-0.4, -0.2) is 13.0 Å². The number of amides is 1. The van der Waals surface area contributed by atoms with E-state index in [1.165, 1.54) is 0 Å². The van der Waals surface area contributed by atoms with Crippen molar-refractivity contribution in [3.63, 3.8) is 0 Å². The molecule has 0 saturated carbocycles. The predicted molar refractivity (Wildman–Crippen MR) is 97.7 cm³/mol. The second-order valence-electron chi connectivity index (χ2n) is 5.09. The van der Waals surface area contributed by atoms with E-state index in [2.05, 4.69) is 11.9 Å². The minimum absolute atomic E-state index is 0.124. The van der Waals surface area contributed by atoms with Crippen LogP contribution in [0.25, 0.3) is 11.1 Å². The third kappa shape index (κ3) is 3.86. The molecular formula is C21H21NO. The minimum Gasteiger partial charge on any atom is -0.355 e. The van der Waals surface area contributed by atoms with Gasteiger partial charge in [0.2, 0.25) is 0 Å². The van der Waals surface area contributed by atoms with Crippen molar-refractivity contribution in [3.8, 4) is 0 Å². The van der Waals surface area contributed by atoms with E-state index in [-0.39, 0.29) is 5.91 Å². The summed E-state index contributed by atoms with van der Waals surface area (Å²) in [4.78, 5) is 12.6. The number of hydrogen-bond donors (Lipinski definition) is 1. The van der Waals surface area contributed by atoms with Gasteiger partial charge in [-0.15, -0.1) is 0 Å². The van der Waals surface area contributed by atoms with Crippen molar-refractivity contribution in [1.82, 2.24) is 5.32 Å². The molecular weight excluding hydrogens is 282 g/mol. The molecule has 0 heterocycles. The maximum atomic E-state index is 12.6. The van der Waals surface area contributed by atoms with E-state index in [1.54, 1.807) is 7.05 Å². The SMILES string of the molecule is C=C(/C=C/C)/C(=C(/C(=O)NC)c1ccccc1)c1ccccc1. The van der Waals surface area contributed by atoms with E-state index in [4.69, 9.17) is 0 Å². The summed E-state index contributed by atoms with van der Waals surface area (Å²) in [6.07, 6.45) is 3.85. The number of carbonyl (C=O) groups excluding carboxylic acids is 1. The largest absolute Gasteiger partial charge is 0.355 e. The van der Waals surface area contributed by atoms with Gasteiger partial charge in [-0.3, -0.25) is 4.79 Å². The third-order valence-electron chi connectivity index (χ3n) is 3.52. The van der Waals surface area contributed by atoms with Crippen LogP contribution in [0.4, 0.5) is 0 Å². The Morgan fingerprint density at radius 3 is 1.83 bits per heavy atom. The lowest BCUT2D eigenvalue weighted by atomic mass is 9.89. The highest BCUT2D eigenvalue weighted by atomic mass is 16.1. The first kappa shape index (κ1) is 16.5. The molecule has 0 aliphatic carbocycles. The lowest BCUT2D eigenvalue weighted by molar-refractivity contribution is -0.115. The molecule has 1 N–H and O–H groups in total. The number of benzene rings is 2. The van der Waals surface area contributed by atoms with E-state index in [0.29, 0.717) is 5.57 Å². The molecule has 2 aromatic rings. The second-order valence-corrected chi connectivity index (χ2v) is 5.09. The number of allylic oxidation sites excluding steroid dienone is 4. The number of carbonyl (C=O) groups is 1. The Bertz CT molecular complexity index is 740. The van der Waals surface area contributed by atoms with Gasteiger partial charge < -0.3 is 5.32 Å². The van der Waals surface area contributed by atoms with Crippen LogP contribution in [0.3, 0.4) is 0 Å². The molecule has 0 fully saturated rings. The van der Waals surface area contributed by atoms with Crippen LogP contribution in [-0.2, 0) is 4.79 Å². The highest BCUT2D eigenvalue weighted by Crippen LogP contribution is 2.32. The van der Waals surface area contributed by atoms with Crippen LogP contribution in [0.1, 0.15) is 18.1 Å². The summed E-state index contributed by atoms with van der Waals surface area (Å²) in [6, 6.07) is 19.6. The minimum atomic E-state index is -0.124. The summed E-state index contributed by atoms with van der Waals surface area (Å²) in [5, 5.41) is 2.75. The summed E-state index contributed by atoms with van der Waals surface area (Å²) < 4.78 is 0. The zero-order valence-corrected chi connectivity index (χ0v) is 13.5. The molecule has 23 heavy (non-hydrogen) atoms. The zero-order chi connectivity index (χ0) is 16.7. The van der Waals surface area contributed by atoms with Gasteiger partial charge in [0.1, 0.15) is 0 Å². The Balaban J connectivity index is 2.79.